The van der Waals surface area contributed by atoms with Gasteiger partial charge < -0.3 is 10.6 Å². The first-order valence-electron chi connectivity index (χ1n) is 8.81. The maximum atomic E-state index is 12.7. The summed E-state index contributed by atoms with van der Waals surface area (Å²) in [6.07, 6.45) is 2.15. The second-order valence-corrected chi connectivity index (χ2v) is 6.68. The Morgan fingerprint density at radius 1 is 1.17 bits per heavy atom. The minimum atomic E-state index is -0.571. The fraction of sp³-hybridized carbons (Fsp3) is 0.150. The van der Waals surface area contributed by atoms with E-state index in [4.69, 9.17) is 11.6 Å². The molecule has 2 N–H and O–H groups in total. The zero-order chi connectivity index (χ0) is 21.0. The van der Waals surface area contributed by atoms with Crippen LogP contribution in [0, 0.1) is 17.0 Å². The number of nitrogens with one attached hydrogen (secondary N) is 2. The molecule has 0 fully saturated rings. The van der Waals surface area contributed by atoms with Crippen LogP contribution in [0.4, 0.5) is 22.9 Å². The number of halogens is 1. The molecule has 3 aromatic rings. The van der Waals surface area contributed by atoms with Gasteiger partial charge >= 0.3 is 0 Å². The molecule has 1 aromatic heterocycles. The third-order valence-corrected chi connectivity index (χ3v) is 4.55. The summed E-state index contributed by atoms with van der Waals surface area (Å²) in [7, 11) is 0. The molecule has 0 saturated carbocycles. The maximum Gasteiger partial charge on any atom is 0.270 e. The van der Waals surface area contributed by atoms with Gasteiger partial charge in [0.25, 0.3) is 11.6 Å². The Morgan fingerprint density at radius 2 is 1.97 bits per heavy atom. The van der Waals surface area contributed by atoms with Gasteiger partial charge in [0.2, 0.25) is 0 Å². The second kappa shape index (κ2) is 8.66. The van der Waals surface area contributed by atoms with Crippen molar-refractivity contribution in [1.82, 2.24) is 9.97 Å². The summed E-state index contributed by atoms with van der Waals surface area (Å²) in [5.74, 6) is 0.101. The zero-order valence-corrected chi connectivity index (χ0v) is 16.5. The molecule has 8 nitrogen and oxygen atoms in total. The fourth-order valence-electron chi connectivity index (χ4n) is 2.74. The number of anilines is 3. The summed E-state index contributed by atoms with van der Waals surface area (Å²) in [6.45, 7) is 3.83. The van der Waals surface area contributed by atoms with E-state index < -0.39 is 10.8 Å². The molecule has 1 amide bonds. The van der Waals surface area contributed by atoms with Crippen LogP contribution < -0.4 is 10.6 Å². The normalized spacial score (nSPS) is 10.4. The molecule has 0 spiro atoms. The summed E-state index contributed by atoms with van der Waals surface area (Å²) in [6, 6.07) is 11.1. The first-order valence-corrected chi connectivity index (χ1v) is 9.19. The predicted octanol–water partition coefficient (Wildman–Crippen LogP) is 4.90. The number of non-ortho nitro benzene ring substituents is 1. The number of rotatable bonds is 6. The lowest BCUT2D eigenvalue weighted by molar-refractivity contribution is -0.384. The van der Waals surface area contributed by atoms with Crippen LogP contribution in [-0.4, -0.2) is 20.8 Å². The third-order valence-electron chi connectivity index (χ3n) is 4.22. The van der Waals surface area contributed by atoms with Crippen LogP contribution in [0.25, 0.3) is 0 Å². The highest BCUT2D eigenvalue weighted by molar-refractivity contribution is 6.34. The SMILES string of the molecule is CCc1ccc(Nc2cc(C)ncn2)cc1NC(=O)c1cc([N+](=O)[O-])ccc1Cl. The lowest BCUT2D eigenvalue weighted by atomic mass is 10.1. The van der Waals surface area contributed by atoms with Gasteiger partial charge in [-0.05, 0) is 37.1 Å². The third kappa shape index (κ3) is 4.85. The molecular weight excluding hydrogens is 394 g/mol. The Labute approximate surface area is 172 Å². The first-order chi connectivity index (χ1) is 13.9. The van der Waals surface area contributed by atoms with E-state index in [0.717, 1.165) is 23.0 Å². The summed E-state index contributed by atoms with van der Waals surface area (Å²) < 4.78 is 0. The van der Waals surface area contributed by atoms with Crippen LogP contribution in [0.2, 0.25) is 5.02 Å². The molecule has 0 saturated heterocycles. The standard InChI is InChI=1S/C20H18ClN5O3/c1-3-13-4-5-14(24-19-8-12(2)22-11-23-19)9-18(13)25-20(27)16-10-15(26(28)29)6-7-17(16)21/h4-11H,3H2,1-2H3,(H,25,27)(H,22,23,24). The van der Waals surface area contributed by atoms with Gasteiger partial charge in [-0.2, -0.15) is 0 Å². The Kier molecular flexibility index (Phi) is 6.04. The number of nitro benzene ring substituents is 1. The quantitative estimate of drug-likeness (QED) is 0.440. The smallest absolute Gasteiger partial charge is 0.270 e. The fourth-order valence-corrected chi connectivity index (χ4v) is 2.94. The molecule has 1 heterocycles. The summed E-state index contributed by atoms with van der Waals surface area (Å²) in [5, 5.41) is 17.1. The Bertz CT molecular complexity index is 1090. The van der Waals surface area contributed by atoms with E-state index in [-0.39, 0.29) is 16.3 Å². The van der Waals surface area contributed by atoms with Crippen LogP contribution in [-0.2, 0) is 6.42 Å². The van der Waals surface area contributed by atoms with Gasteiger partial charge in [0, 0.05) is 35.3 Å². The molecule has 148 valence electrons. The Balaban J connectivity index is 1.89. The van der Waals surface area contributed by atoms with Gasteiger partial charge in [0.1, 0.15) is 12.1 Å². The molecule has 0 aliphatic heterocycles. The van der Waals surface area contributed by atoms with Crippen LogP contribution in [0.3, 0.4) is 0 Å². The van der Waals surface area contributed by atoms with Crippen LogP contribution >= 0.6 is 11.6 Å². The average molecular weight is 412 g/mol. The van der Waals surface area contributed by atoms with Crippen LogP contribution in [0.1, 0.15) is 28.5 Å². The molecule has 0 aliphatic rings. The van der Waals surface area contributed by atoms with Crippen molar-refractivity contribution in [2.45, 2.75) is 20.3 Å². The lowest BCUT2D eigenvalue weighted by Gasteiger charge is -2.14. The highest BCUT2D eigenvalue weighted by Crippen LogP contribution is 2.27. The van der Waals surface area contributed by atoms with Crippen LogP contribution in [0.5, 0.6) is 0 Å². The number of carbonyl (C=O) groups excluding carboxylic acids is 1. The number of aromatic nitrogens is 2. The number of hydrogen-bond donors (Lipinski definition) is 2. The van der Waals surface area contributed by atoms with Crippen molar-refractivity contribution in [3.8, 4) is 0 Å². The van der Waals surface area contributed by atoms with E-state index >= 15 is 0 Å². The topological polar surface area (TPSA) is 110 Å². The van der Waals surface area contributed by atoms with E-state index in [1.807, 2.05) is 26.0 Å². The van der Waals surface area contributed by atoms with E-state index in [9.17, 15) is 14.9 Å². The van der Waals surface area contributed by atoms with Gasteiger partial charge in [-0.1, -0.05) is 24.6 Å². The predicted molar refractivity (Wildman–Crippen MR) is 112 cm³/mol. The van der Waals surface area contributed by atoms with Gasteiger partial charge in [-0.15, -0.1) is 0 Å². The van der Waals surface area contributed by atoms with Crippen molar-refractivity contribution in [2.75, 3.05) is 10.6 Å². The van der Waals surface area contributed by atoms with E-state index in [0.29, 0.717) is 17.9 Å². The highest BCUT2D eigenvalue weighted by atomic mass is 35.5. The number of hydrogen-bond acceptors (Lipinski definition) is 6. The molecule has 29 heavy (non-hydrogen) atoms. The van der Waals surface area contributed by atoms with Crippen molar-refractivity contribution in [3.05, 3.63) is 80.7 Å². The molecule has 0 radical (unpaired) electrons. The number of amides is 1. The zero-order valence-electron chi connectivity index (χ0n) is 15.8. The van der Waals surface area contributed by atoms with E-state index in [2.05, 4.69) is 20.6 Å². The monoisotopic (exact) mass is 411 g/mol. The molecule has 9 heteroatoms. The molecule has 3 rings (SSSR count). The maximum absolute atomic E-state index is 12.7. The lowest BCUT2D eigenvalue weighted by Crippen LogP contribution is -2.14. The highest BCUT2D eigenvalue weighted by Gasteiger charge is 2.17. The van der Waals surface area contributed by atoms with Crippen molar-refractivity contribution in [3.63, 3.8) is 0 Å². The van der Waals surface area contributed by atoms with Gasteiger partial charge in [-0.3, -0.25) is 14.9 Å². The number of carbonyl (C=O) groups is 1. The van der Waals surface area contributed by atoms with E-state index in [1.165, 1.54) is 18.5 Å². The van der Waals surface area contributed by atoms with Gasteiger partial charge in [-0.25, -0.2) is 9.97 Å². The molecule has 0 unspecified atom stereocenters. The molecule has 0 bridgehead atoms. The second-order valence-electron chi connectivity index (χ2n) is 6.27. The van der Waals surface area contributed by atoms with Gasteiger partial charge in [0.05, 0.1) is 15.5 Å². The van der Waals surface area contributed by atoms with Crippen molar-refractivity contribution >= 4 is 40.4 Å². The van der Waals surface area contributed by atoms with Gasteiger partial charge in [0.15, 0.2) is 0 Å². The summed E-state index contributed by atoms with van der Waals surface area (Å²) in [4.78, 5) is 31.4. The van der Waals surface area contributed by atoms with Crippen molar-refractivity contribution < 1.29 is 9.72 Å². The summed E-state index contributed by atoms with van der Waals surface area (Å²) in [5.41, 5.74) is 2.86. The minimum absolute atomic E-state index is 0.0349. The Morgan fingerprint density at radius 3 is 2.66 bits per heavy atom. The number of aryl methyl sites for hydroxylation is 2. The average Bonchev–Trinajstić information content (AvgIpc) is 2.68. The van der Waals surface area contributed by atoms with Crippen LogP contribution in [0.15, 0.2) is 48.8 Å². The molecule has 0 aliphatic carbocycles. The Hall–Kier alpha value is -3.52. The number of nitro groups is 1. The summed E-state index contributed by atoms with van der Waals surface area (Å²) >= 11 is 6.08. The molecular formula is C20H18ClN5O3. The van der Waals surface area contributed by atoms with E-state index in [1.54, 1.807) is 12.1 Å². The number of nitrogens with zero attached hydrogens (tertiary/aromatic N) is 3. The first kappa shape index (κ1) is 20.2. The van der Waals surface area contributed by atoms with Crippen molar-refractivity contribution in [1.29, 1.82) is 0 Å². The minimum Gasteiger partial charge on any atom is -0.340 e. The molecule has 0 atom stereocenters. The van der Waals surface area contributed by atoms with Crippen molar-refractivity contribution in [2.24, 2.45) is 0 Å². The number of benzene rings is 2. The molecule has 2 aromatic carbocycles. The largest absolute Gasteiger partial charge is 0.340 e.